The lowest BCUT2D eigenvalue weighted by Gasteiger charge is -2.18. The van der Waals surface area contributed by atoms with Crippen molar-refractivity contribution in [3.05, 3.63) is 23.8 Å². The minimum atomic E-state index is -0.300. The molecule has 3 aliphatic rings. The number of urea groups is 1. The van der Waals surface area contributed by atoms with Crippen LogP contribution >= 0.6 is 0 Å². The first kappa shape index (κ1) is 15.9. The Hall–Kier alpha value is -2.57. The Morgan fingerprint density at radius 3 is 2.76 bits per heavy atom. The second-order valence-corrected chi connectivity index (χ2v) is 7.05. The van der Waals surface area contributed by atoms with Gasteiger partial charge in [0.15, 0.2) is 0 Å². The van der Waals surface area contributed by atoms with Crippen molar-refractivity contribution in [3.8, 4) is 0 Å². The van der Waals surface area contributed by atoms with E-state index in [4.69, 9.17) is 0 Å². The van der Waals surface area contributed by atoms with E-state index < -0.39 is 0 Å². The summed E-state index contributed by atoms with van der Waals surface area (Å²) in [5.74, 6) is -0.337. The molecule has 0 bridgehead atoms. The fourth-order valence-electron chi connectivity index (χ4n) is 3.51. The highest BCUT2D eigenvalue weighted by molar-refractivity contribution is 5.99. The number of hydrogen-bond acceptors (Lipinski definition) is 3. The molecule has 1 atom stereocenters. The highest BCUT2D eigenvalue weighted by Gasteiger charge is 2.41. The summed E-state index contributed by atoms with van der Waals surface area (Å²) < 4.78 is 0. The molecule has 7 nitrogen and oxygen atoms in total. The van der Waals surface area contributed by atoms with Crippen LogP contribution in [0.15, 0.2) is 18.2 Å². The third-order valence-corrected chi connectivity index (χ3v) is 5.16. The van der Waals surface area contributed by atoms with Gasteiger partial charge in [0.25, 0.3) is 0 Å². The van der Waals surface area contributed by atoms with Crippen molar-refractivity contribution < 1.29 is 14.4 Å². The number of aryl methyl sites for hydroxylation is 1. The molecule has 1 saturated carbocycles. The van der Waals surface area contributed by atoms with Crippen LogP contribution in [0.3, 0.4) is 0 Å². The van der Waals surface area contributed by atoms with Gasteiger partial charge in [-0.25, -0.2) is 4.79 Å². The number of nitrogens with zero attached hydrogens (tertiary/aromatic N) is 2. The maximum atomic E-state index is 12.6. The Morgan fingerprint density at radius 1 is 1.28 bits per heavy atom. The van der Waals surface area contributed by atoms with Gasteiger partial charge in [-0.3, -0.25) is 14.5 Å². The van der Waals surface area contributed by atoms with Gasteiger partial charge >= 0.3 is 6.03 Å². The number of nitrogens with one attached hydrogen (secondary N) is 2. The topological polar surface area (TPSA) is 81.8 Å². The normalized spacial score (nSPS) is 23.2. The monoisotopic (exact) mass is 342 g/mol. The maximum absolute atomic E-state index is 12.6. The standard InChI is InChI=1S/C18H22N4O3/c1-11-2-3-14(21-7-6-19-18(21)25)9-15(11)20-17(24)12-8-16(23)22(10-12)13-4-5-13/h2-3,9,12-13H,4-8,10H2,1H3,(H,19,25)(H,20,24). The van der Waals surface area contributed by atoms with Gasteiger partial charge in [0.05, 0.1) is 5.92 Å². The van der Waals surface area contributed by atoms with E-state index in [2.05, 4.69) is 10.6 Å². The van der Waals surface area contributed by atoms with Crippen LogP contribution in [0.2, 0.25) is 0 Å². The molecule has 0 spiro atoms. The largest absolute Gasteiger partial charge is 0.339 e. The van der Waals surface area contributed by atoms with Crippen molar-refractivity contribution in [3.63, 3.8) is 0 Å². The molecule has 2 aliphatic heterocycles. The van der Waals surface area contributed by atoms with Crippen LogP contribution in [-0.4, -0.2) is 48.4 Å². The van der Waals surface area contributed by atoms with Gasteiger partial charge in [-0.05, 0) is 37.5 Å². The van der Waals surface area contributed by atoms with E-state index in [1.54, 1.807) is 4.90 Å². The van der Waals surface area contributed by atoms with Crippen molar-refractivity contribution in [2.45, 2.75) is 32.2 Å². The first-order valence-electron chi connectivity index (χ1n) is 8.79. The van der Waals surface area contributed by atoms with E-state index in [9.17, 15) is 14.4 Å². The third kappa shape index (κ3) is 3.06. The number of anilines is 2. The van der Waals surface area contributed by atoms with Gasteiger partial charge < -0.3 is 15.5 Å². The molecule has 1 aliphatic carbocycles. The predicted molar refractivity (Wildman–Crippen MR) is 93.4 cm³/mol. The van der Waals surface area contributed by atoms with Gasteiger partial charge in [-0.1, -0.05) is 6.07 Å². The number of benzene rings is 1. The van der Waals surface area contributed by atoms with Crippen molar-refractivity contribution >= 4 is 29.2 Å². The number of hydrogen-bond donors (Lipinski definition) is 2. The minimum Gasteiger partial charge on any atom is -0.339 e. The summed E-state index contributed by atoms with van der Waals surface area (Å²) in [6.45, 7) is 3.67. The van der Waals surface area contributed by atoms with Crippen molar-refractivity contribution in [2.24, 2.45) is 5.92 Å². The van der Waals surface area contributed by atoms with Gasteiger partial charge in [0.2, 0.25) is 11.8 Å². The Balaban J connectivity index is 1.47. The van der Waals surface area contributed by atoms with Crippen molar-refractivity contribution in [1.82, 2.24) is 10.2 Å². The Morgan fingerprint density at radius 2 is 2.08 bits per heavy atom. The molecule has 4 amide bonds. The average molecular weight is 342 g/mol. The van der Waals surface area contributed by atoms with E-state index in [1.165, 1.54) is 0 Å². The zero-order valence-corrected chi connectivity index (χ0v) is 14.2. The van der Waals surface area contributed by atoms with E-state index in [1.807, 2.05) is 30.0 Å². The van der Waals surface area contributed by atoms with Crippen molar-refractivity contribution in [1.29, 1.82) is 0 Å². The molecule has 3 fully saturated rings. The molecule has 1 aromatic carbocycles. The summed E-state index contributed by atoms with van der Waals surface area (Å²) in [7, 11) is 0. The average Bonchev–Trinajstić information content (AvgIpc) is 3.22. The molecule has 25 heavy (non-hydrogen) atoms. The first-order chi connectivity index (χ1) is 12.0. The third-order valence-electron chi connectivity index (χ3n) is 5.16. The van der Waals surface area contributed by atoms with Crippen LogP contribution in [0.4, 0.5) is 16.2 Å². The van der Waals surface area contributed by atoms with Crippen LogP contribution < -0.4 is 15.5 Å². The van der Waals surface area contributed by atoms with Gasteiger partial charge in [0.1, 0.15) is 0 Å². The fraction of sp³-hybridized carbons (Fsp3) is 0.500. The Bertz CT molecular complexity index is 744. The lowest BCUT2D eigenvalue weighted by atomic mass is 10.1. The van der Waals surface area contributed by atoms with E-state index in [0.717, 1.165) is 24.1 Å². The summed E-state index contributed by atoms with van der Waals surface area (Å²) in [4.78, 5) is 40.0. The lowest BCUT2D eigenvalue weighted by Crippen LogP contribution is -2.30. The molecule has 0 radical (unpaired) electrons. The van der Waals surface area contributed by atoms with Crippen LogP contribution in [-0.2, 0) is 9.59 Å². The Labute approximate surface area is 146 Å². The summed E-state index contributed by atoms with van der Waals surface area (Å²) in [5.41, 5.74) is 2.39. The van der Waals surface area contributed by atoms with E-state index in [-0.39, 0.29) is 30.2 Å². The van der Waals surface area contributed by atoms with Gasteiger partial charge in [-0.15, -0.1) is 0 Å². The highest BCUT2D eigenvalue weighted by atomic mass is 16.2. The quantitative estimate of drug-likeness (QED) is 0.869. The van der Waals surface area contributed by atoms with Crippen LogP contribution in [0.25, 0.3) is 0 Å². The maximum Gasteiger partial charge on any atom is 0.321 e. The number of likely N-dealkylation sites (tertiary alicyclic amines) is 1. The summed E-state index contributed by atoms with van der Waals surface area (Å²) in [6.07, 6.45) is 2.40. The van der Waals surface area contributed by atoms with Crippen LogP contribution in [0.5, 0.6) is 0 Å². The molecule has 1 aromatic rings. The zero-order valence-electron chi connectivity index (χ0n) is 14.2. The Kier molecular flexibility index (Phi) is 3.86. The number of rotatable bonds is 4. The molecular formula is C18H22N4O3. The molecular weight excluding hydrogens is 320 g/mol. The number of carbonyl (C=O) groups excluding carboxylic acids is 3. The molecule has 2 N–H and O–H groups in total. The second-order valence-electron chi connectivity index (χ2n) is 7.05. The summed E-state index contributed by atoms with van der Waals surface area (Å²) in [5, 5.41) is 5.73. The molecule has 4 rings (SSSR count). The van der Waals surface area contributed by atoms with Gasteiger partial charge in [0, 0.05) is 43.5 Å². The molecule has 132 valence electrons. The zero-order chi connectivity index (χ0) is 17.6. The first-order valence-corrected chi connectivity index (χ1v) is 8.79. The van der Waals surface area contributed by atoms with Crippen molar-refractivity contribution in [2.75, 3.05) is 29.9 Å². The number of amides is 4. The lowest BCUT2D eigenvalue weighted by molar-refractivity contribution is -0.128. The van der Waals surface area contributed by atoms with Gasteiger partial charge in [-0.2, -0.15) is 0 Å². The molecule has 7 heteroatoms. The van der Waals surface area contributed by atoms with E-state index >= 15 is 0 Å². The SMILES string of the molecule is Cc1ccc(N2CCNC2=O)cc1NC(=O)C1CC(=O)N(C2CC2)C1. The summed E-state index contributed by atoms with van der Waals surface area (Å²) >= 11 is 0. The molecule has 2 heterocycles. The van der Waals surface area contributed by atoms with Crippen LogP contribution in [0, 0.1) is 12.8 Å². The predicted octanol–water partition coefficient (Wildman–Crippen LogP) is 1.47. The minimum absolute atomic E-state index is 0.0851. The van der Waals surface area contributed by atoms with E-state index in [0.29, 0.717) is 31.4 Å². The second kappa shape index (κ2) is 6.06. The molecule has 0 aromatic heterocycles. The highest BCUT2D eigenvalue weighted by Crippen LogP contribution is 2.33. The molecule has 1 unspecified atom stereocenters. The molecule has 2 saturated heterocycles. The summed E-state index contributed by atoms with van der Waals surface area (Å²) in [6, 6.07) is 5.83. The van der Waals surface area contributed by atoms with Crippen LogP contribution in [0.1, 0.15) is 24.8 Å². The fourth-order valence-corrected chi connectivity index (χ4v) is 3.51. The number of carbonyl (C=O) groups is 3. The smallest absolute Gasteiger partial charge is 0.321 e.